The monoisotopic (exact) mass is 310 g/mol. The van der Waals surface area contributed by atoms with E-state index in [0.29, 0.717) is 18.1 Å². The van der Waals surface area contributed by atoms with Crippen molar-refractivity contribution in [1.29, 1.82) is 0 Å². The first kappa shape index (κ1) is 15.4. The molecule has 2 aromatic rings. The molecule has 0 saturated heterocycles. The predicted molar refractivity (Wildman–Crippen MR) is 75.8 cm³/mol. The molecule has 1 aromatic heterocycles. The molecule has 0 spiro atoms. The van der Waals surface area contributed by atoms with Crippen molar-refractivity contribution in [3.63, 3.8) is 0 Å². The van der Waals surface area contributed by atoms with E-state index in [9.17, 15) is 12.8 Å². The van der Waals surface area contributed by atoms with Gasteiger partial charge in [0.25, 0.3) is 0 Å². The Morgan fingerprint density at radius 1 is 1.29 bits per heavy atom. The molecule has 0 amide bonds. The summed E-state index contributed by atoms with van der Waals surface area (Å²) >= 11 is 0. The molecule has 0 aliphatic heterocycles. The minimum Gasteiger partial charge on any atom is -0.494 e. The van der Waals surface area contributed by atoms with Crippen molar-refractivity contribution in [2.45, 2.75) is 18.4 Å². The number of hydrogen-bond acceptors (Lipinski definition) is 4. The highest BCUT2D eigenvalue weighted by Gasteiger charge is 2.19. The summed E-state index contributed by atoms with van der Waals surface area (Å²) in [5.41, 5.74) is 0.549. The lowest BCUT2D eigenvalue weighted by Gasteiger charge is -2.09. The van der Waals surface area contributed by atoms with E-state index in [1.807, 2.05) is 0 Å². The van der Waals surface area contributed by atoms with Gasteiger partial charge in [0.1, 0.15) is 16.5 Å². The summed E-state index contributed by atoms with van der Waals surface area (Å²) in [6.45, 7) is 2.14. The summed E-state index contributed by atoms with van der Waals surface area (Å²) < 4.78 is 45.5. The highest BCUT2D eigenvalue weighted by Crippen LogP contribution is 2.20. The van der Waals surface area contributed by atoms with Crippen LogP contribution in [0.4, 0.5) is 4.39 Å². The highest BCUT2D eigenvalue weighted by molar-refractivity contribution is 7.89. The molecular formula is C14H15FN2O3S. The molecule has 21 heavy (non-hydrogen) atoms. The van der Waals surface area contributed by atoms with Crippen molar-refractivity contribution < 1.29 is 17.5 Å². The summed E-state index contributed by atoms with van der Waals surface area (Å²) in [5, 5.41) is 0. The quantitative estimate of drug-likeness (QED) is 0.887. The molecule has 0 atom stereocenters. The molecule has 0 aliphatic rings. The molecule has 0 radical (unpaired) electrons. The topological polar surface area (TPSA) is 68.3 Å². The third-order valence-electron chi connectivity index (χ3n) is 2.67. The number of sulfonamides is 1. The largest absolute Gasteiger partial charge is 0.494 e. The van der Waals surface area contributed by atoms with Gasteiger partial charge in [0.15, 0.2) is 0 Å². The molecular weight excluding hydrogens is 295 g/mol. The van der Waals surface area contributed by atoms with E-state index in [1.54, 1.807) is 31.3 Å². The summed E-state index contributed by atoms with van der Waals surface area (Å²) in [5.74, 6) is -0.562. The van der Waals surface area contributed by atoms with Gasteiger partial charge in [0.2, 0.25) is 10.0 Å². The van der Waals surface area contributed by atoms with Crippen LogP contribution in [0.2, 0.25) is 0 Å². The summed E-state index contributed by atoms with van der Waals surface area (Å²) in [6, 6.07) is 8.80. The van der Waals surface area contributed by atoms with Crippen molar-refractivity contribution in [3.05, 3.63) is 54.1 Å². The lowest BCUT2D eigenvalue weighted by atomic mass is 10.3. The van der Waals surface area contributed by atoms with Gasteiger partial charge in [-0.25, -0.2) is 17.5 Å². The van der Waals surface area contributed by atoms with E-state index in [4.69, 9.17) is 4.74 Å². The van der Waals surface area contributed by atoms with Crippen molar-refractivity contribution in [3.8, 4) is 5.75 Å². The van der Waals surface area contributed by atoms with Gasteiger partial charge in [-0.3, -0.25) is 4.98 Å². The Morgan fingerprint density at radius 2 is 2.10 bits per heavy atom. The highest BCUT2D eigenvalue weighted by atomic mass is 32.2. The number of hydrogen-bond donors (Lipinski definition) is 1. The van der Waals surface area contributed by atoms with Gasteiger partial charge >= 0.3 is 0 Å². The second-order valence-corrected chi connectivity index (χ2v) is 5.91. The average molecular weight is 310 g/mol. The Kier molecular flexibility index (Phi) is 4.87. The third kappa shape index (κ3) is 3.99. The van der Waals surface area contributed by atoms with Crippen LogP contribution in [0.3, 0.4) is 0 Å². The van der Waals surface area contributed by atoms with Gasteiger partial charge in [-0.1, -0.05) is 6.07 Å². The van der Waals surface area contributed by atoms with E-state index in [-0.39, 0.29) is 6.54 Å². The van der Waals surface area contributed by atoms with Crippen LogP contribution in [-0.4, -0.2) is 20.0 Å². The van der Waals surface area contributed by atoms with Gasteiger partial charge < -0.3 is 4.74 Å². The lowest BCUT2D eigenvalue weighted by Crippen LogP contribution is -2.24. The zero-order valence-corrected chi connectivity index (χ0v) is 12.2. The first-order valence-electron chi connectivity index (χ1n) is 6.35. The second kappa shape index (κ2) is 6.64. The van der Waals surface area contributed by atoms with Crippen molar-refractivity contribution in [1.82, 2.24) is 9.71 Å². The number of pyridine rings is 1. The third-order valence-corrected chi connectivity index (χ3v) is 4.11. The van der Waals surface area contributed by atoms with E-state index < -0.39 is 20.7 Å². The Labute approximate surface area is 122 Å². The molecule has 5 nitrogen and oxygen atoms in total. The van der Waals surface area contributed by atoms with Crippen LogP contribution in [0.15, 0.2) is 47.5 Å². The standard InChI is InChI=1S/C14H15FN2O3S/c1-2-20-12-6-7-14(13(15)9-12)21(18,19)17-10-11-5-3-4-8-16-11/h3-9,17H,2,10H2,1H3. The Balaban J connectivity index is 2.16. The number of nitrogens with zero attached hydrogens (tertiary/aromatic N) is 1. The predicted octanol–water partition coefficient (Wildman–Crippen LogP) is 2.10. The maximum absolute atomic E-state index is 13.9. The van der Waals surface area contributed by atoms with Crippen LogP contribution >= 0.6 is 0 Å². The SMILES string of the molecule is CCOc1ccc(S(=O)(=O)NCc2ccccn2)c(F)c1. The number of halogens is 1. The summed E-state index contributed by atoms with van der Waals surface area (Å²) in [7, 11) is -3.94. The Morgan fingerprint density at radius 3 is 2.71 bits per heavy atom. The van der Waals surface area contributed by atoms with Gasteiger partial charge in [0, 0.05) is 12.3 Å². The smallest absolute Gasteiger partial charge is 0.243 e. The van der Waals surface area contributed by atoms with Gasteiger partial charge in [-0.05, 0) is 31.2 Å². The molecule has 0 bridgehead atoms. The van der Waals surface area contributed by atoms with Gasteiger partial charge in [0.05, 0.1) is 18.8 Å². The molecule has 0 saturated carbocycles. The van der Waals surface area contributed by atoms with Crippen molar-refractivity contribution in [2.24, 2.45) is 0 Å². The molecule has 1 aromatic carbocycles. The van der Waals surface area contributed by atoms with E-state index in [1.165, 1.54) is 12.1 Å². The molecule has 1 N–H and O–H groups in total. The molecule has 7 heteroatoms. The minimum atomic E-state index is -3.94. The maximum atomic E-state index is 13.9. The average Bonchev–Trinajstić information content (AvgIpc) is 2.46. The number of rotatable bonds is 6. The van der Waals surface area contributed by atoms with Crippen molar-refractivity contribution >= 4 is 10.0 Å². The lowest BCUT2D eigenvalue weighted by molar-refractivity contribution is 0.337. The van der Waals surface area contributed by atoms with Gasteiger partial charge in [-0.15, -0.1) is 0 Å². The van der Waals surface area contributed by atoms with E-state index in [2.05, 4.69) is 9.71 Å². The van der Waals surface area contributed by atoms with Crippen LogP contribution in [0.5, 0.6) is 5.75 Å². The molecule has 0 fully saturated rings. The van der Waals surface area contributed by atoms with Crippen LogP contribution in [0, 0.1) is 5.82 Å². The second-order valence-electron chi connectivity index (χ2n) is 4.17. The first-order chi connectivity index (χ1) is 10.0. The number of nitrogens with one attached hydrogen (secondary N) is 1. The summed E-state index contributed by atoms with van der Waals surface area (Å²) in [4.78, 5) is 3.58. The number of benzene rings is 1. The number of ether oxygens (including phenoxy) is 1. The van der Waals surface area contributed by atoms with Gasteiger partial charge in [-0.2, -0.15) is 0 Å². The molecule has 0 aliphatic carbocycles. The molecule has 0 unspecified atom stereocenters. The fourth-order valence-electron chi connectivity index (χ4n) is 1.71. The van der Waals surface area contributed by atoms with Crippen molar-refractivity contribution in [2.75, 3.05) is 6.61 Å². The normalized spacial score (nSPS) is 11.3. The molecule has 2 rings (SSSR count). The first-order valence-corrected chi connectivity index (χ1v) is 7.83. The fraction of sp³-hybridized carbons (Fsp3) is 0.214. The van der Waals surface area contributed by atoms with Crippen LogP contribution < -0.4 is 9.46 Å². The zero-order chi connectivity index (χ0) is 15.3. The van der Waals surface area contributed by atoms with E-state index in [0.717, 1.165) is 6.07 Å². The number of aromatic nitrogens is 1. The van der Waals surface area contributed by atoms with E-state index >= 15 is 0 Å². The zero-order valence-electron chi connectivity index (χ0n) is 11.4. The van der Waals surface area contributed by atoms with Crippen LogP contribution in [0.1, 0.15) is 12.6 Å². The molecule has 112 valence electrons. The fourth-order valence-corrected chi connectivity index (χ4v) is 2.76. The summed E-state index contributed by atoms with van der Waals surface area (Å²) in [6.07, 6.45) is 1.56. The maximum Gasteiger partial charge on any atom is 0.243 e. The van der Waals surface area contributed by atoms with Crippen LogP contribution in [0.25, 0.3) is 0 Å². The Hall–Kier alpha value is -1.99. The van der Waals surface area contributed by atoms with Crippen LogP contribution in [-0.2, 0) is 16.6 Å². The Bertz CT molecular complexity index is 705. The molecule has 1 heterocycles. The minimum absolute atomic E-state index is 0.00414.